The van der Waals surface area contributed by atoms with Crippen LogP contribution in [0, 0.1) is 11.3 Å². The highest BCUT2D eigenvalue weighted by atomic mass is 19.4. The van der Waals surface area contributed by atoms with E-state index in [0.29, 0.717) is 22.4 Å². The van der Waals surface area contributed by atoms with Crippen LogP contribution in [0.1, 0.15) is 35.6 Å². The van der Waals surface area contributed by atoms with Gasteiger partial charge in [0.15, 0.2) is 11.8 Å². The fraction of sp³-hybridized carbons (Fsp3) is 0.190. The fourth-order valence-corrected chi connectivity index (χ4v) is 3.81. The van der Waals surface area contributed by atoms with Crippen LogP contribution in [0.15, 0.2) is 59.8 Å². The number of carbonyl (C=O) groups is 2. The maximum Gasteiger partial charge on any atom is 0.425 e. The zero-order valence-electron chi connectivity index (χ0n) is 15.0. The molecule has 1 aliphatic carbocycles. The molecule has 2 aliphatic rings. The van der Waals surface area contributed by atoms with Gasteiger partial charge in [-0.3, -0.25) is 10.1 Å². The summed E-state index contributed by atoms with van der Waals surface area (Å²) in [5, 5.41) is 10.3. The van der Waals surface area contributed by atoms with Gasteiger partial charge in [-0.15, -0.1) is 0 Å². The van der Waals surface area contributed by atoms with Gasteiger partial charge in [-0.05, 0) is 36.8 Å². The van der Waals surface area contributed by atoms with Crippen LogP contribution < -0.4 is 10.2 Å². The quantitative estimate of drug-likeness (QED) is 0.842. The van der Waals surface area contributed by atoms with Gasteiger partial charge in [0.1, 0.15) is 0 Å². The van der Waals surface area contributed by atoms with E-state index in [4.69, 9.17) is 5.26 Å². The van der Waals surface area contributed by atoms with E-state index in [1.807, 2.05) is 6.07 Å². The van der Waals surface area contributed by atoms with Crippen LogP contribution in [-0.4, -0.2) is 11.8 Å². The zero-order chi connectivity index (χ0) is 20.8. The number of anilines is 1. The Morgan fingerprint density at radius 3 is 2.45 bits per heavy atom. The van der Waals surface area contributed by atoms with E-state index in [1.165, 1.54) is 22.3 Å². The molecule has 0 spiro atoms. The number of quaternary nitrogens is 1. The lowest BCUT2D eigenvalue weighted by Crippen LogP contribution is -2.93. The monoisotopic (exact) mass is 398 g/mol. The average molecular weight is 398 g/mol. The van der Waals surface area contributed by atoms with Crippen molar-refractivity contribution in [3.05, 3.63) is 76.5 Å². The number of hydrogen-bond acceptors (Lipinski definition) is 3. The van der Waals surface area contributed by atoms with Gasteiger partial charge in [0.05, 0.1) is 28.5 Å². The molecule has 0 fully saturated rings. The standard InChI is InChI=1S/C21H14F3N3O2/c22-21(23,24)14-2-1-3-15(10-14)27-16-8-9-17(28)18(16)19(26-20(27)29)13-6-4-12(11-25)5-7-13/h1-7,10,19H,8-9H2,(H,26,29)/p+1. The van der Waals surface area contributed by atoms with E-state index < -0.39 is 23.8 Å². The number of primary amides is 1. The van der Waals surface area contributed by atoms with Crippen LogP contribution in [0.4, 0.5) is 23.7 Å². The number of alkyl halides is 3. The van der Waals surface area contributed by atoms with Crippen molar-refractivity contribution >= 4 is 17.5 Å². The van der Waals surface area contributed by atoms with Crippen molar-refractivity contribution in [1.82, 2.24) is 0 Å². The molecule has 8 heteroatoms. The number of carbonyl (C=O) groups excluding carboxylic acids is 2. The minimum Gasteiger partial charge on any atom is -0.294 e. The minimum absolute atomic E-state index is 0.0848. The minimum atomic E-state index is -4.54. The first-order valence-corrected chi connectivity index (χ1v) is 8.92. The first-order valence-electron chi connectivity index (χ1n) is 8.92. The van der Waals surface area contributed by atoms with E-state index in [9.17, 15) is 22.8 Å². The van der Waals surface area contributed by atoms with Gasteiger partial charge in [-0.25, -0.2) is 9.69 Å². The number of nitrogens with two attached hydrogens (primary N) is 1. The molecule has 1 unspecified atom stereocenters. The largest absolute Gasteiger partial charge is 0.425 e. The molecule has 146 valence electrons. The summed E-state index contributed by atoms with van der Waals surface area (Å²) in [5.74, 6) is -0.130. The molecule has 1 aliphatic heterocycles. The molecule has 5 nitrogen and oxygen atoms in total. The molecule has 0 saturated carbocycles. The van der Waals surface area contributed by atoms with Crippen molar-refractivity contribution in [2.24, 2.45) is 0 Å². The molecule has 1 atom stereocenters. The van der Waals surface area contributed by atoms with Crippen LogP contribution in [0.3, 0.4) is 0 Å². The Balaban J connectivity index is 1.80. The summed E-state index contributed by atoms with van der Waals surface area (Å²) in [7, 11) is 0. The summed E-state index contributed by atoms with van der Waals surface area (Å²) in [6, 6.07) is 12.1. The van der Waals surface area contributed by atoms with Gasteiger partial charge in [-0.2, -0.15) is 18.4 Å². The highest BCUT2D eigenvalue weighted by Gasteiger charge is 2.45. The highest BCUT2D eigenvalue weighted by molar-refractivity contribution is 6.05. The van der Waals surface area contributed by atoms with E-state index in [1.54, 1.807) is 24.3 Å². The first-order chi connectivity index (χ1) is 13.8. The van der Waals surface area contributed by atoms with Gasteiger partial charge >= 0.3 is 12.2 Å². The maximum absolute atomic E-state index is 13.1. The summed E-state index contributed by atoms with van der Waals surface area (Å²) in [4.78, 5) is 26.7. The molecule has 2 amide bonds. The summed E-state index contributed by atoms with van der Waals surface area (Å²) in [6.45, 7) is 0. The summed E-state index contributed by atoms with van der Waals surface area (Å²) >= 11 is 0. The topological polar surface area (TPSA) is 77.8 Å². The van der Waals surface area contributed by atoms with Gasteiger partial charge in [0, 0.05) is 17.7 Å². The van der Waals surface area contributed by atoms with Gasteiger partial charge in [0.2, 0.25) is 0 Å². The maximum atomic E-state index is 13.1. The average Bonchev–Trinajstić information content (AvgIpc) is 3.08. The molecule has 0 bridgehead atoms. The molecule has 0 aromatic heterocycles. The Kier molecular flexibility index (Phi) is 4.47. The van der Waals surface area contributed by atoms with Crippen molar-refractivity contribution in [3.63, 3.8) is 0 Å². The molecular formula is C21H15F3N3O2+. The number of rotatable bonds is 2. The normalized spacial score (nSPS) is 19.4. The zero-order valence-corrected chi connectivity index (χ0v) is 15.0. The number of amides is 2. The van der Waals surface area contributed by atoms with Crippen molar-refractivity contribution < 1.29 is 28.1 Å². The van der Waals surface area contributed by atoms with Crippen molar-refractivity contribution in [2.75, 3.05) is 4.90 Å². The van der Waals surface area contributed by atoms with E-state index in [0.717, 1.165) is 12.1 Å². The molecule has 2 aromatic rings. The molecule has 0 saturated heterocycles. The van der Waals surface area contributed by atoms with Crippen molar-refractivity contribution in [1.29, 1.82) is 5.26 Å². The predicted molar refractivity (Wildman–Crippen MR) is 96.4 cm³/mol. The first kappa shape index (κ1) is 18.9. The number of Topliss-reactive ketones (excluding diaryl/α,β-unsaturated/α-hetero) is 1. The third-order valence-electron chi connectivity index (χ3n) is 5.14. The second kappa shape index (κ2) is 6.87. The van der Waals surface area contributed by atoms with Crippen LogP contribution in [0.25, 0.3) is 0 Å². The molecule has 0 radical (unpaired) electrons. The number of allylic oxidation sites excluding steroid dienone is 1. The third kappa shape index (κ3) is 3.30. The van der Waals surface area contributed by atoms with E-state index in [2.05, 4.69) is 0 Å². The SMILES string of the molecule is N#Cc1ccc(C2[NH2+]C(=O)N(c3cccc(C(F)(F)F)c3)C3=C2C(=O)CC3)cc1. The van der Waals surface area contributed by atoms with Gasteiger partial charge < -0.3 is 0 Å². The number of ketones is 1. The summed E-state index contributed by atoms with van der Waals surface area (Å²) in [5.41, 5.74) is 1.23. The molecule has 2 aromatic carbocycles. The highest BCUT2D eigenvalue weighted by Crippen LogP contribution is 2.39. The molecule has 29 heavy (non-hydrogen) atoms. The smallest absolute Gasteiger partial charge is 0.294 e. The predicted octanol–water partition coefficient (Wildman–Crippen LogP) is 3.44. The Labute approximate surface area is 164 Å². The van der Waals surface area contributed by atoms with Crippen molar-refractivity contribution in [3.8, 4) is 6.07 Å². The van der Waals surface area contributed by atoms with Crippen LogP contribution in [0.2, 0.25) is 0 Å². The number of halogens is 3. The number of nitriles is 1. The van der Waals surface area contributed by atoms with Crippen LogP contribution >= 0.6 is 0 Å². The summed E-state index contributed by atoms with van der Waals surface area (Å²) in [6.07, 6.45) is -4.04. The van der Waals surface area contributed by atoms with E-state index in [-0.39, 0.29) is 24.3 Å². The Hall–Kier alpha value is -3.44. The molecule has 1 heterocycles. The Morgan fingerprint density at radius 1 is 1.07 bits per heavy atom. The number of hydrogen-bond donors (Lipinski definition) is 1. The van der Waals surface area contributed by atoms with Gasteiger partial charge in [0.25, 0.3) is 0 Å². The molecule has 4 rings (SSSR count). The van der Waals surface area contributed by atoms with Crippen molar-refractivity contribution in [2.45, 2.75) is 25.1 Å². The molecule has 2 N–H and O–H groups in total. The lowest BCUT2D eigenvalue weighted by Gasteiger charge is -2.30. The van der Waals surface area contributed by atoms with Gasteiger partial charge in [-0.1, -0.05) is 18.2 Å². The number of nitrogens with zero attached hydrogens (tertiary/aromatic N) is 2. The van der Waals surface area contributed by atoms with Crippen LogP contribution in [-0.2, 0) is 11.0 Å². The van der Waals surface area contributed by atoms with Crippen LogP contribution in [0.5, 0.6) is 0 Å². The lowest BCUT2D eigenvalue weighted by molar-refractivity contribution is -0.592. The summed E-state index contributed by atoms with van der Waals surface area (Å²) < 4.78 is 39.3. The second-order valence-electron chi connectivity index (χ2n) is 6.88. The lowest BCUT2D eigenvalue weighted by atomic mass is 9.94. The second-order valence-corrected chi connectivity index (χ2v) is 6.88. The van der Waals surface area contributed by atoms with E-state index >= 15 is 0 Å². The number of benzene rings is 2. The third-order valence-corrected chi connectivity index (χ3v) is 5.14. The Morgan fingerprint density at radius 2 is 1.79 bits per heavy atom. The Bertz CT molecular complexity index is 1080. The fourth-order valence-electron chi connectivity index (χ4n) is 3.81. The molecular weight excluding hydrogens is 383 g/mol. The number of urea groups is 1.